The first-order valence-electron chi connectivity index (χ1n) is 6.20. The molecule has 3 N–H and O–H groups in total. The highest BCUT2D eigenvalue weighted by Gasteiger charge is 2.12. The molecule has 0 aliphatic heterocycles. The summed E-state index contributed by atoms with van der Waals surface area (Å²) in [6.07, 6.45) is 0.469. The summed E-state index contributed by atoms with van der Waals surface area (Å²) in [5, 5.41) is 2.86. The Morgan fingerprint density at radius 1 is 1.32 bits per heavy atom. The van der Waals surface area contributed by atoms with Gasteiger partial charge in [-0.1, -0.05) is 19.1 Å². The Bertz CT molecular complexity index is 382. The normalized spacial score (nSPS) is 13.1. The molecule has 0 aliphatic carbocycles. The molecule has 0 fully saturated rings. The van der Waals surface area contributed by atoms with Crippen LogP contribution >= 0.6 is 12.4 Å². The number of carbonyl (C=O) groups excluding carboxylic acids is 1. The lowest BCUT2D eigenvalue weighted by atomic mass is 9.97. The van der Waals surface area contributed by atoms with Gasteiger partial charge in [-0.25, -0.2) is 0 Å². The van der Waals surface area contributed by atoms with Crippen LogP contribution in [0.3, 0.4) is 0 Å². The topological polar surface area (TPSA) is 64.3 Å². The lowest BCUT2D eigenvalue weighted by Crippen LogP contribution is -2.38. The highest BCUT2D eigenvalue weighted by atomic mass is 35.5. The third-order valence-electron chi connectivity index (χ3n) is 2.94. The van der Waals surface area contributed by atoms with Crippen molar-refractivity contribution in [2.75, 3.05) is 13.7 Å². The Labute approximate surface area is 121 Å². The van der Waals surface area contributed by atoms with E-state index >= 15 is 0 Å². The van der Waals surface area contributed by atoms with Crippen LogP contribution in [0.15, 0.2) is 24.3 Å². The highest BCUT2D eigenvalue weighted by Crippen LogP contribution is 2.21. The van der Waals surface area contributed by atoms with E-state index in [2.05, 4.69) is 5.32 Å². The Morgan fingerprint density at radius 3 is 2.37 bits per heavy atom. The maximum absolute atomic E-state index is 11.7. The van der Waals surface area contributed by atoms with Gasteiger partial charge in [-0.3, -0.25) is 4.79 Å². The predicted molar refractivity (Wildman–Crippen MR) is 79.9 cm³/mol. The van der Waals surface area contributed by atoms with Gasteiger partial charge >= 0.3 is 0 Å². The average Bonchev–Trinajstić information content (AvgIpc) is 2.38. The van der Waals surface area contributed by atoms with Gasteiger partial charge in [0.15, 0.2) is 0 Å². The fourth-order valence-corrected chi connectivity index (χ4v) is 1.72. The number of nitrogens with one attached hydrogen (secondary N) is 1. The van der Waals surface area contributed by atoms with E-state index in [1.807, 2.05) is 38.1 Å². The number of halogens is 1. The molecule has 19 heavy (non-hydrogen) atoms. The maximum Gasteiger partial charge on any atom is 0.220 e. The van der Waals surface area contributed by atoms with Gasteiger partial charge in [0.2, 0.25) is 5.91 Å². The van der Waals surface area contributed by atoms with Gasteiger partial charge in [0.1, 0.15) is 5.75 Å². The number of benzene rings is 1. The molecule has 0 radical (unpaired) electrons. The number of rotatable bonds is 6. The van der Waals surface area contributed by atoms with Gasteiger partial charge in [-0.2, -0.15) is 0 Å². The van der Waals surface area contributed by atoms with Crippen LogP contribution in [0.5, 0.6) is 5.75 Å². The number of carbonyl (C=O) groups is 1. The quantitative estimate of drug-likeness (QED) is 0.841. The molecular weight excluding hydrogens is 264 g/mol. The average molecular weight is 287 g/mol. The smallest absolute Gasteiger partial charge is 0.220 e. The molecular formula is C14H23ClN2O2. The van der Waals surface area contributed by atoms with E-state index in [9.17, 15) is 4.79 Å². The van der Waals surface area contributed by atoms with Crippen LogP contribution in [0.25, 0.3) is 0 Å². The predicted octanol–water partition coefficient (Wildman–Crippen LogP) is 2.07. The Kier molecular flexibility index (Phi) is 8.19. The fraction of sp³-hybridized carbons (Fsp3) is 0.500. The number of nitrogens with two attached hydrogens (primary N) is 1. The second-order valence-electron chi connectivity index (χ2n) is 4.58. The number of hydrogen-bond donors (Lipinski definition) is 2. The van der Waals surface area contributed by atoms with E-state index in [0.717, 1.165) is 11.3 Å². The molecule has 0 heterocycles. The molecule has 0 saturated carbocycles. The Hall–Kier alpha value is -1.26. The van der Waals surface area contributed by atoms with Crippen LogP contribution in [-0.2, 0) is 4.79 Å². The molecule has 1 amide bonds. The van der Waals surface area contributed by atoms with Crippen LogP contribution in [-0.4, -0.2) is 25.6 Å². The van der Waals surface area contributed by atoms with Crippen LogP contribution in [0, 0.1) is 0 Å². The molecule has 1 rings (SSSR count). The van der Waals surface area contributed by atoms with E-state index in [1.165, 1.54) is 0 Å². The van der Waals surface area contributed by atoms with Crippen LogP contribution in [0.2, 0.25) is 0 Å². The third-order valence-corrected chi connectivity index (χ3v) is 2.94. The lowest BCUT2D eigenvalue weighted by molar-refractivity contribution is -0.121. The van der Waals surface area contributed by atoms with Crippen molar-refractivity contribution in [3.05, 3.63) is 29.8 Å². The SMILES string of the molecule is COc1ccc(C(C)CC(=O)N[C@@H](C)CN)cc1.Cl. The minimum Gasteiger partial charge on any atom is -0.497 e. The maximum atomic E-state index is 11.7. The standard InChI is InChI=1S/C14H22N2O2.ClH/c1-10(8-14(17)16-11(2)9-15)12-4-6-13(18-3)7-5-12;/h4-7,10-11H,8-9,15H2,1-3H3,(H,16,17);1H/t10?,11-;/m0./s1. The zero-order valence-electron chi connectivity index (χ0n) is 11.7. The summed E-state index contributed by atoms with van der Waals surface area (Å²) >= 11 is 0. The lowest BCUT2D eigenvalue weighted by Gasteiger charge is -2.15. The van der Waals surface area contributed by atoms with Crippen molar-refractivity contribution in [3.8, 4) is 5.75 Å². The van der Waals surface area contributed by atoms with Crippen molar-refractivity contribution in [1.29, 1.82) is 0 Å². The molecule has 0 aliphatic rings. The zero-order chi connectivity index (χ0) is 13.5. The molecule has 1 aromatic carbocycles. The summed E-state index contributed by atoms with van der Waals surface area (Å²) in [5.74, 6) is 1.05. The first-order valence-corrected chi connectivity index (χ1v) is 6.20. The molecule has 0 spiro atoms. The van der Waals surface area contributed by atoms with Crippen molar-refractivity contribution >= 4 is 18.3 Å². The third kappa shape index (κ3) is 5.94. The van der Waals surface area contributed by atoms with E-state index in [0.29, 0.717) is 13.0 Å². The second-order valence-corrected chi connectivity index (χ2v) is 4.58. The molecule has 5 heteroatoms. The number of ether oxygens (including phenoxy) is 1. The van der Waals surface area contributed by atoms with Crippen molar-refractivity contribution in [3.63, 3.8) is 0 Å². The molecule has 2 atom stereocenters. The summed E-state index contributed by atoms with van der Waals surface area (Å²) in [7, 11) is 1.64. The molecule has 1 aromatic rings. The van der Waals surface area contributed by atoms with Crippen molar-refractivity contribution < 1.29 is 9.53 Å². The molecule has 108 valence electrons. The molecule has 0 saturated heterocycles. The zero-order valence-corrected chi connectivity index (χ0v) is 12.5. The van der Waals surface area contributed by atoms with Crippen molar-refractivity contribution in [1.82, 2.24) is 5.32 Å². The van der Waals surface area contributed by atoms with Crippen LogP contribution in [0.4, 0.5) is 0 Å². The largest absolute Gasteiger partial charge is 0.497 e. The first-order chi connectivity index (χ1) is 8.56. The Morgan fingerprint density at radius 2 is 1.89 bits per heavy atom. The highest BCUT2D eigenvalue weighted by molar-refractivity contribution is 5.85. The van der Waals surface area contributed by atoms with Gasteiger partial charge < -0.3 is 15.8 Å². The van der Waals surface area contributed by atoms with Crippen LogP contribution < -0.4 is 15.8 Å². The van der Waals surface area contributed by atoms with E-state index in [1.54, 1.807) is 7.11 Å². The number of amides is 1. The summed E-state index contributed by atoms with van der Waals surface area (Å²) < 4.78 is 5.10. The van der Waals surface area contributed by atoms with E-state index in [4.69, 9.17) is 10.5 Å². The fourth-order valence-electron chi connectivity index (χ4n) is 1.72. The van der Waals surface area contributed by atoms with Gasteiger partial charge in [-0.15, -0.1) is 12.4 Å². The summed E-state index contributed by atoms with van der Waals surface area (Å²) in [5.41, 5.74) is 6.60. The van der Waals surface area contributed by atoms with E-state index < -0.39 is 0 Å². The van der Waals surface area contributed by atoms with Crippen molar-refractivity contribution in [2.24, 2.45) is 5.73 Å². The summed E-state index contributed by atoms with van der Waals surface area (Å²) in [6, 6.07) is 7.82. The second kappa shape index (κ2) is 8.77. The molecule has 0 aromatic heterocycles. The minimum atomic E-state index is 0. The van der Waals surface area contributed by atoms with Crippen LogP contribution in [0.1, 0.15) is 31.7 Å². The minimum absolute atomic E-state index is 0. The van der Waals surface area contributed by atoms with Crippen molar-refractivity contribution in [2.45, 2.75) is 32.2 Å². The van der Waals surface area contributed by atoms with Gasteiger partial charge in [0.05, 0.1) is 7.11 Å². The molecule has 4 nitrogen and oxygen atoms in total. The number of hydrogen-bond acceptors (Lipinski definition) is 3. The molecule has 0 bridgehead atoms. The Balaban J connectivity index is 0.00000324. The monoisotopic (exact) mass is 286 g/mol. The number of methoxy groups -OCH3 is 1. The van der Waals surface area contributed by atoms with Gasteiger partial charge in [0, 0.05) is 19.0 Å². The van der Waals surface area contributed by atoms with Gasteiger partial charge in [0.25, 0.3) is 0 Å². The van der Waals surface area contributed by atoms with E-state index in [-0.39, 0.29) is 30.3 Å². The summed E-state index contributed by atoms with van der Waals surface area (Å²) in [4.78, 5) is 11.7. The van der Waals surface area contributed by atoms with Gasteiger partial charge in [-0.05, 0) is 30.5 Å². The summed E-state index contributed by atoms with van der Waals surface area (Å²) in [6.45, 7) is 4.40. The first kappa shape index (κ1) is 17.7. The molecule has 1 unspecified atom stereocenters.